The lowest BCUT2D eigenvalue weighted by Crippen LogP contribution is -1.99. The number of carbonyl (C=O) groups is 1. The molecule has 0 aliphatic carbocycles. The standard InChI is InChI=1S/C23H22N2O4S2/c1-14(2)18-12-17(28-3)8-5-15(18)7-10-21-24-22(13-30-21)31-25-19-9-6-16(23(26)27)11-20(19)29-4/h5-6,8-9,11-14,25H,1-4H3,(H,26,27). The fourth-order valence-corrected chi connectivity index (χ4v) is 4.20. The Morgan fingerprint density at radius 1 is 1.16 bits per heavy atom. The first kappa shape index (κ1) is 22.5. The molecule has 31 heavy (non-hydrogen) atoms. The van der Waals surface area contributed by atoms with Gasteiger partial charge in [0.05, 0.1) is 25.5 Å². The summed E-state index contributed by atoms with van der Waals surface area (Å²) in [6.07, 6.45) is 0. The van der Waals surface area contributed by atoms with Gasteiger partial charge in [-0.25, -0.2) is 9.78 Å². The molecule has 8 heteroatoms. The van der Waals surface area contributed by atoms with Gasteiger partial charge in [0.25, 0.3) is 0 Å². The zero-order valence-electron chi connectivity index (χ0n) is 17.6. The maximum absolute atomic E-state index is 11.1. The molecule has 2 N–H and O–H groups in total. The van der Waals surface area contributed by atoms with Crippen LogP contribution < -0.4 is 14.2 Å². The summed E-state index contributed by atoms with van der Waals surface area (Å²) in [6, 6.07) is 10.6. The van der Waals surface area contributed by atoms with Crippen molar-refractivity contribution in [3.63, 3.8) is 0 Å². The lowest BCUT2D eigenvalue weighted by atomic mass is 9.97. The summed E-state index contributed by atoms with van der Waals surface area (Å²) in [5.74, 6) is 6.95. The molecule has 0 aliphatic rings. The number of carboxylic acids is 1. The molecule has 0 atom stereocenters. The highest BCUT2D eigenvalue weighted by Crippen LogP contribution is 2.31. The molecule has 6 nitrogen and oxygen atoms in total. The van der Waals surface area contributed by atoms with E-state index in [-0.39, 0.29) is 5.56 Å². The van der Waals surface area contributed by atoms with E-state index in [1.165, 1.54) is 42.5 Å². The number of methoxy groups -OCH3 is 2. The van der Waals surface area contributed by atoms with Gasteiger partial charge < -0.3 is 19.3 Å². The Labute approximate surface area is 189 Å². The van der Waals surface area contributed by atoms with Crippen molar-refractivity contribution in [1.82, 2.24) is 4.98 Å². The van der Waals surface area contributed by atoms with Gasteiger partial charge in [-0.15, -0.1) is 11.3 Å². The molecule has 0 bridgehead atoms. The molecule has 160 valence electrons. The number of nitrogens with zero attached hydrogens (tertiary/aromatic N) is 1. The second-order valence-electron chi connectivity index (χ2n) is 6.77. The number of benzene rings is 2. The molecule has 0 unspecified atom stereocenters. The number of hydrogen-bond acceptors (Lipinski definition) is 7. The van der Waals surface area contributed by atoms with Gasteiger partial charge in [-0.05, 0) is 53.8 Å². The maximum Gasteiger partial charge on any atom is 0.335 e. The van der Waals surface area contributed by atoms with Gasteiger partial charge in [0, 0.05) is 22.9 Å². The van der Waals surface area contributed by atoms with Crippen LogP contribution in [-0.2, 0) is 0 Å². The minimum atomic E-state index is -1.00. The number of carboxylic acid groups (broad SMARTS) is 1. The van der Waals surface area contributed by atoms with Crippen molar-refractivity contribution in [2.75, 3.05) is 18.9 Å². The van der Waals surface area contributed by atoms with E-state index in [9.17, 15) is 4.79 Å². The molecule has 0 saturated carbocycles. The summed E-state index contributed by atoms with van der Waals surface area (Å²) < 4.78 is 13.7. The van der Waals surface area contributed by atoms with Crippen molar-refractivity contribution in [2.45, 2.75) is 24.8 Å². The molecule has 0 amide bonds. The van der Waals surface area contributed by atoms with E-state index in [4.69, 9.17) is 14.6 Å². The van der Waals surface area contributed by atoms with Gasteiger partial charge >= 0.3 is 5.97 Å². The summed E-state index contributed by atoms with van der Waals surface area (Å²) in [5, 5.41) is 12.5. The first-order valence-electron chi connectivity index (χ1n) is 9.41. The molecular weight excluding hydrogens is 432 g/mol. The van der Waals surface area contributed by atoms with Crippen molar-refractivity contribution in [1.29, 1.82) is 0 Å². The van der Waals surface area contributed by atoms with Crippen molar-refractivity contribution in [2.24, 2.45) is 0 Å². The van der Waals surface area contributed by atoms with Crippen LogP contribution >= 0.6 is 23.3 Å². The van der Waals surface area contributed by atoms with Gasteiger partial charge in [0.1, 0.15) is 16.5 Å². The number of thiazole rings is 1. The van der Waals surface area contributed by atoms with Crippen LogP contribution in [0.15, 0.2) is 46.8 Å². The molecular formula is C23H22N2O4S2. The zero-order chi connectivity index (χ0) is 22.4. The third-order valence-electron chi connectivity index (χ3n) is 4.38. The highest BCUT2D eigenvalue weighted by molar-refractivity contribution is 8.00. The van der Waals surface area contributed by atoms with Gasteiger partial charge in [-0.1, -0.05) is 19.8 Å². The van der Waals surface area contributed by atoms with Crippen LogP contribution in [0, 0.1) is 11.8 Å². The lowest BCUT2D eigenvalue weighted by molar-refractivity contribution is 0.0696. The summed E-state index contributed by atoms with van der Waals surface area (Å²) in [6.45, 7) is 4.25. The average molecular weight is 455 g/mol. The fraction of sp³-hybridized carbons (Fsp3) is 0.217. The Bertz CT molecular complexity index is 1150. The first-order chi connectivity index (χ1) is 14.9. The highest BCUT2D eigenvalue weighted by atomic mass is 32.2. The van der Waals surface area contributed by atoms with Gasteiger partial charge in [-0.2, -0.15) is 0 Å². The van der Waals surface area contributed by atoms with Crippen LogP contribution in [0.5, 0.6) is 11.5 Å². The quantitative estimate of drug-likeness (QED) is 0.360. The summed E-state index contributed by atoms with van der Waals surface area (Å²) in [5.41, 5.74) is 2.93. The third-order valence-corrected chi connectivity index (χ3v) is 6.03. The number of nitrogens with one attached hydrogen (secondary N) is 1. The summed E-state index contributed by atoms with van der Waals surface area (Å²) in [4.78, 5) is 15.6. The van der Waals surface area contributed by atoms with Crippen LogP contribution in [-0.4, -0.2) is 30.3 Å². The molecule has 2 aromatic carbocycles. The molecule has 0 aliphatic heterocycles. The summed E-state index contributed by atoms with van der Waals surface area (Å²) in [7, 11) is 3.15. The molecule has 3 aromatic rings. The van der Waals surface area contributed by atoms with Gasteiger partial charge in [0.15, 0.2) is 5.01 Å². The molecule has 3 rings (SSSR count). The van der Waals surface area contributed by atoms with E-state index < -0.39 is 5.97 Å². The molecule has 0 fully saturated rings. The number of rotatable bonds is 7. The molecule has 0 saturated heterocycles. The Hall–Kier alpha value is -3.15. The lowest BCUT2D eigenvalue weighted by Gasteiger charge is -2.10. The smallest absolute Gasteiger partial charge is 0.335 e. The van der Waals surface area contributed by atoms with Crippen LogP contribution in [0.3, 0.4) is 0 Å². The van der Waals surface area contributed by atoms with Gasteiger partial charge in [-0.3, -0.25) is 0 Å². The highest BCUT2D eigenvalue weighted by Gasteiger charge is 2.10. The number of aromatic carboxylic acids is 1. The normalized spacial score (nSPS) is 10.4. The van der Waals surface area contributed by atoms with Crippen molar-refractivity contribution >= 4 is 34.9 Å². The second-order valence-corrected chi connectivity index (χ2v) is 8.46. The minimum absolute atomic E-state index is 0.165. The van der Waals surface area contributed by atoms with Crippen molar-refractivity contribution in [3.05, 3.63) is 63.5 Å². The number of aromatic nitrogens is 1. The topological polar surface area (TPSA) is 80.7 Å². The third kappa shape index (κ3) is 5.72. The molecule has 1 aromatic heterocycles. The predicted molar refractivity (Wildman–Crippen MR) is 125 cm³/mol. The Balaban J connectivity index is 1.72. The Morgan fingerprint density at radius 3 is 2.65 bits per heavy atom. The minimum Gasteiger partial charge on any atom is -0.497 e. The SMILES string of the molecule is COc1ccc(C#Cc2nc(SNc3ccc(C(=O)O)cc3OC)cs2)c(C(C)C)c1. The van der Waals surface area contributed by atoms with E-state index in [0.717, 1.165) is 21.9 Å². The fourth-order valence-electron chi connectivity index (χ4n) is 2.76. The van der Waals surface area contributed by atoms with E-state index in [1.54, 1.807) is 13.2 Å². The maximum atomic E-state index is 11.1. The summed E-state index contributed by atoms with van der Waals surface area (Å²) >= 11 is 2.77. The largest absolute Gasteiger partial charge is 0.497 e. The number of ether oxygens (including phenoxy) is 2. The van der Waals surface area contributed by atoms with Crippen LogP contribution in [0.25, 0.3) is 0 Å². The Morgan fingerprint density at radius 2 is 1.97 bits per heavy atom. The van der Waals surface area contributed by atoms with E-state index >= 15 is 0 Å². The predicted octanol–water partition coefficient (Wildman–Crippen LogP) is 5.50. The van der Waals surface area contributed by atoms with E-state index in [1.807, 2.05) is 23.6 Å². The van der Waals surface area contributed by atoms with Crippen molar-refractivity contribution < 1.29 is 19.4 Å². The van der Waals surface area contributed by atoms with Crippen LogP contribution in [0.1, 0.15) is 46.3 Å². The Kier molecular flexibility index (Phi) is 7.45. The molecule has 0 radical (unpaired) electrons. The van der Waals surface area contributed by atoms with Crippen LogP contribution in [0.4, 0.5) is 5.69 Å². The number of hydrogen-bond donors (Lipinski definition) is 2. The monoisotopic (exact) mass is 454 g/mol. The van der Waals surface area contributed by atoms with E-state index in [0.29, 0.717) is 22.4 Å². The molecule has 0 spiro atoms. The van der Waals surface area contributed by atoms with Crippen LogP contribution in [0.2, 0.25) is 0 Å². The van der Waals surface area contributed by atoms with Crippen molar-refractivity contribution in [3.8, 4) is 23.3 Å². The average Bonchev–Trinajstić information content (AvgIpc) is 3.23. The van der Waals surface area contributed by atoms with E-state index in [2.05, 4.69) is 35.4 Å². The second kappa shape index (κ2) is 10.2. The number of anilines is 1. The molecule has 1 heterocycles. The first-order valence-corrected chi connectivity index (χ1v) is 11.1. The zero-order valence-corrected chi connectivity index (χ0v) is 19.2. The van der Waals surface area contributed by atoms with Gasteiger partial charge in [0.2, 0.25) is 0 Å².